The van der Waals surface area contributed by atoms with E-state index >= 15 is 0 Å². The number of nitrogens with zero attached hydrogens (tertiary/aromatic N) is 2. The van der Waals surface area contributed by atoms with Crippen LogP contribution in [0.5, 0.6) is 0 Å². The molecule has 2 N–H and O–H groups in total. The van der Waals surface area contributed by atoms with Crippen LogP contribution in [0.25, 0.3) is 0 Å². The second-order valence-corrected chi connectivity index (χ2v) is 6.10. The highest BCUT2D eigenvalue weighted by Gasteiger charge is 2.36. The molecule has 0 spiro atoms. The summed E-state index contributed by atoms with van der Waals surface area (Å²) < 4.78 is 0. The third kappa shape index (κ3) is 3.92. The summed E-state index contributed by atoms with van der Waals surface area (Å²) in [5.74, 6) is 0. The van der Waals surface area contributed by atoms with Gasteiger partial charge in [0.2, 0.25) is 0 Å². The molecule has 0 aromatic carbocycles. The average Bonchev–Trinajstić information content (AvgIpc) is 2.65. The third-order valence-corrected chi connectivity index (χ3v) is 4.46. The third-order valence-electron chi connectivity index (χ3n) is 4.46. The largest absolute Gasteiger partial charge is 0.396 e. The normalized spacial score (nSPS) is 26.2. The van der Waals surface area contributed by atoms with Crippen molar-refractivity contribution in [3.8, 4) is 0 Å². The fourth-order valence-electron chi connectivity index (χ4n) is 2.94. The summed E-state index contributed by atoms with van der Waals surface area (Å²) in [6, 6.07) is 0.416. The molecule has 1 aliphatic rings. The minimum absolute atomic E-state index is 0.00533. The molecule has 0 radical (unpaired) electrons. The van der Waals surface area contributed by atoms with Gasteiger partial charge >= 0.3 is 0 Å². The minimum atomic E-state index is -0.208. The van der Waals surface area contributed by atoms with Crippen molar-refractivity contribution in [1.82, 2.24) is 9.80 Å². The van der Waals surface area contributed by atoms with E-state index < -0.39 is 0 Å². The second kappa shape index (κ2) is 6.85. The van der Waals surface area contributed by atoms with Gasteiger partial charge in [0.1, 0.15) is 0 Å². The molecular formula is C14H30N2O2. The number of likely N-dealkylation sites (tertiary alicyclic amines) is 1. The lowest BCUT2D eigenvalue weighted by atomic mass is 9.82. The van der Waals surface area contributed by atoms with Crippen LogP contribution in [-0.4, -0.2) is 72.5 Å². The topological polar surface area (TPSA) is 46.9 Å². The summed E-state index contributed by atoms with van der Waals surface area (Å²) in [4.78, 5) is 4.54. The Morgan fingerprint density at radius 3 is 2.33 bits per heavy atom. The van der Waals surface area contributed by atoms with Crippen LogP contribution in [0.2, 0.25) is 0 Å². The summed E-state index contributed by atoms with van der Waals surface area (Å²) in [6.07, 6.45) is 2.62. The Labute approximate surface area is 112 Å². The first kappa shape index (κ1) is 15.9. The van der Waals surface area contributed by atoms with E-state index in [0.717, 1.165) is 38.9 Å². The molecule has 18 heavy (non-hydrogen) atoms. The lowest BCUT2D eigenvalue weighted by molar-refractivity contribution is 0.0525. The van der Waals surface area contributed by atoms with Gasteiger partial charge in [0.15, 0.2) is 0 Å². The first-order valence-corrected chi connectivity index (χ1v) is 7.14. The maximum absolute atomic E-state index is 9.88. The fraction of sp³-hybridized carbons (Fsp3) is 1.00. The van der Waals surface area contributed by atoms with Gasteiger partial charge in [-0.25, -0.2) is 0 Å². The summed E-state index contributed by atoms with van der Waals surface area (Å²) in [6.45, 7) is 7.15. The summed E-state index contributed by atoms with van der Waals surface area (Å²) in [5.41, 5.74) is -0.00533. The van der Waals surface area contributed by atoms with E-state index in [0.29, 0.717) is 6.04 Å². The molecule has 0 amide bonds. The maximum atomic E-state index is 9.88. The van der Waals surface area contributed by atoms with E-state index in [1.165, 1.54) is 0 Å². The zero-order valence-corrected chi connectivity index (χ0v) is 12.4. The van der Waals surface area contributed by atoms with E-state index in [4.69, 9.17) is 0 Å². The standard InChI is InChI=1S/C14H30N2O2/c1-5-14(6-2,11-17)10-16-9-13(18)7-12(16)8-15(3)4/h12-13,17-18H,5-11H2,1-4H3. The highest BCUT2D eigenvalue weighted by molar-refractivity contribution is 4.91. The van der Waals surface area contributed by atoms with Gasteiger partial charge in [0.05, 0.1) is 6.10 Å². The molecule has 1 rings (SSSR count). The monoisotopic (exact) mass is 258 g/mol. The van der Waals surface area contributed by atoms with Gasteiger partial charge in [-0.2, -0.15) is 0 Å². The molecule has 1 heterocycles. The molecule has 108 valence electrons. The summed E-state index contributed by atoms with van der Waals surface area (Å²) >= 11 is 0. The zero-order chi connectivity index (χ0) is 13.8. The van der Waals surface area contributed by atoms with Crippen LogP contribution < -0.4 is 0 Å². The molecule has 0 aliphatic carbocycles. The lowest BCUT2D eigenvalue weighted by Gasteiger charge is -2.37. The smallest absolute Gasteiger partial charge is 0.0682 e. The number of rotatable bonds is 7. The van der Waals surface area contributed by atoms with E-state index in [2.05, 4.69) is 37.7 Å². The number of hydrogen-bond donors (Lipinski definition) is 2. The molecule has 0 aromatic heterocycles. The number of β-amino-alcohol motifs (C(OH)–C–C–N with tert-alkyl or cyclic N) is 1. The van der Waals surface area contributed by atoms with Crippen LogP contribution in [0, 0.1) is 5.41 Å². The molecule has 0 aromatic rings. The predicted octanol–water partition coefficient (Wildman–Crippen LogP) is 0.782. The number of likely N-dealkylation sites (N-methyl/N-ethyl adjacent to an activating group) is 1. The van der Waals surface area contributed by atoms with E-state index in [-0.39, 0.29) is 18.1 Å². The summed E-state index contributed by atoms with van der Waals surface area (Å²) in [7, 11) is 4.14. The minimum Gasteiger partial charge on any atom is -0.396 e. The highest BCUT2D eigenvalue weighted by Crippen LogP contribution is 2.30. The van der Waals surface area contributed by atoms with Crippen molar-refractivity contribution < 1.29 is 10.2 Å². The molecule has 1 saturated heterocycles. The van der Waals surface area contributed by atoms with Crippen molar-refractivity contribution in [1.29, 1.82) is 0 Å². The van der Waals surface area contributed by atoms with Crippen LogP contribution in [-0.2, 0) is 0 Å². The van der Waals surface area contributed by atoms with Crippen molar-refractivity contribution in [2.75, 3.05) is 40.3 Å². The predicted molar refractivity (Wildman–Crippen MR) is 74.6 cm³/mol. The second-order valence-electron chi connectivity index (χ2n) is 6.10. The van der Waals surface area contributed by atoms with Crippen molar-refractivity contribution in [2.24, 2.45) is 5.41 Å². The zero-order valence-electron chi connectivity index (χ0n) is 12.4. The van der Waals surface area contributed by atoms with Crippen molar-refractivity contribution in [3.05, 3.63) is 0 Å². The van der Waals surface area contributed by atoms with Gasteiger partial charge in [-0.3, -0.25) is 4.90 Å². The number of aliphatic hydroxyl groups is 2. The van der Waals surface area contributed by atoms with Gasteiger partial charge < -0.3 is 15.1 Å². The molecule has 2 atom stereocenters. The Morgan fingerprint density at radius 2 is 1.89 bits per heavy atom. The van der Waals surface area contributed by atoms with Crippen molar-refractivity contribution in [2.45, 2.75) is 45.3 Å². The molecular weight excluding hydrogens is 228 g/mol. The van der Waals surface area contributed by atoms with Gasteiger partial charge in [-0.1, -0.05) is 13.8 Å². The van der Waals surface area contributed by atoms with Crippen LogP contribution in [0.1, 0.15) is 33.1 Å². The van der Waals surface area contributed by atoms with E-state index in [1.807, 2.05) is 0 Å². The Hall–Kier alpha value is -0.160. The van der Waals surface area contributed by atoms with Gasteiger partial charge in [0, 0.05) is 37.7 Å². The Bertz CT molecular complexity index is 234. The SMILES string of the molecule is CCC(CC)(CO)CN1CC(O)CC1CN(C)C. The number of hydrogen-bond acceptors (Lipinski definition) is 4. The quantitative estimate of drug-likeness (QED) is 0.708. The van der Waals surface area contributed by atoms with Crippen LogP contribution in [0.3, 0.4) is 0 Å². The van der Waals surface area contributed by atoms with Crippen molar-refractivity contribution in [3.63, 3.8) is 0 Å². The van der Waals surface area contributed by atoms with Crippen LogP contribution >= 0.6 is 0 Å². The maximum Gasteiger partial charge on any atom is 0.0682 e. The molecule has 0 saturated carbocycles. The fourth-order valence-corrected chi connectivity index (χ4v) is 2.94. The molecule has 2 unspecified atom stereocenters. The van der Waals surface area contributed by atoms with Gasteiger partial charge in [-0.15, -0.1) is 0 Å². The molecule has 1 fully saturated rings. The average molecular weight is 258 g/mol. The first-order valence-electron chi connectivity index (χ1n) is 7.14. The van der Waals surface area contributed by atoms with Crippen LogP contribution in [0.15, 0.2) is 0 Å². The molecule has 4 nitrogen and oxygen atoms in total. The molecule has 1 aliphatic heterocycles. The number of aliphatic hydroxyl groups excluding tert-OH is 2. The molecule has 0 bridgehead atoms. The summed E-state index contributed by atoms with van der Waals surface area (Å²) in [5, 5.41) is 19.5. The highest BCUT2D eigenvalue weighted by atomic mass is 16.3. The van der Waals surface area contributed by atoms with Gasteiger partial charge in [-0.05, 0) is 33.4 Å². The first-order chi connectivity index (χ1) is 8.46. The van der Waals surface area contributed by atoms with Crippen molar-refractivity contribution >= 4 is 0 Å². The Kier molecular flexibility index (Phi) is 6.05. The molecule has 4 heteroatoms. The Balaban J connectivity index is 2.67. The van der Waals surface area contributed by atoms with E-state index in [1.54, 1.807) is 0 Å². The van der Waals surface area contributed by atoms with Crippen LogP contribution in [0.4, 0.5) is 0 Å². The van der Waals surface area contributed by atoms with E-state index in [9.17, 15) is 10.2 Å². The van der Waals surface area contributed by atoms with Gasteiger partial charge in [0.25, 0.3) is 0 Å². The lowest BCUT2D eigenvalue weighted by Crippen LogP contribution is -2.45. The Morgan fingerprint density at radius 1 is 1.28 bits per heavy atom.